The summed E-state index contributed by atoms with van der Waals surface area (Å²) in [6, 6.07) is 12.3. The van der Waals surface area contributed by atoms with Crippen molar-refractivity contribution in [2.45, 2.75) is 25.7 Å². The number of unbranched alkanes of at least 4 members (excludes halogenated alkanes) is 2. The molecule has 0 aliphatic carbocycles. The van der Waals surface area contributed by atoms with Gasteiger partial charge in [0.25, 0.3) is 5.91 Å². The number of phenolic OH excluding ortho intramolecular Hbond substituents is 1. The molecule has 2 heterocycles. The number of nitrogens with one attached hydrogen (secondary N) is 1. The van der Waals surface area contributed by atoms with E-state index in [1.54, 1.807) is 24.7 Å². The lowest BCUT2D eigenvalue weighted by Crippen LogP contribution is -2.24. The van der Waals surface area contributed by atoms with Crippen molar-refractivity contribution in [3.63, 3.8) is 0 Å². The summed E-state index contributed by atoms with van der Waals surface area (Å²) in [6.45, 7) is 0.602. The highest BCUT2D eigenvalue weighted by Crippen LogP contribution is 2.30. The van der Waals surface area contributed by atoms with E-state index in [4.69, 9.17) is 9.26 Å². The molecule has 0 saturated heterocycles. The first kappa shape index (κ1) is 22.1. The second-order valence-electron chi connectivity index (χ2n) is 7.48. The number of aromatic nitrogens is 4. The number of carbonyl (C=O) groups excluding carboxylic acids is 1. The van der Waals surface area contributed by atoms with Crippen LogP contribution in [0.2, 0.25) is 0 Å². The highest BCUT2D eigenvalue weighted by Gasteiger charge is 2.11. The molecule has 0 bridgehead atoms. The molecule has 4 rings (SSSR count). The second-order valence-corrected chi connectivity index (χ2v) is 7.48. The molecule has 2 aromatic carbocycles. The lowest BCUT2D eigenvalue weighted by Gasteiger charge is -2.06. The molecule has 0 aliphatic heterocycles. The number of nitrogens with zero attached hydrogens (tertiary/aromatic N) is 4. The Labute approximate surface area is 191 Å². The number of methoxy groups -OCH3 is 1. The average Bonchev–Trinajstić information content (AvgIpc) is 3.54. The van der Waals surface area contributed by atoms with E-state index in [1.165, 1.54) is 13.2 Å². The van der Waals surface area contributed by atoms with E-state index in [-0.39, 0.29) is 11.7 Å². The smallest absolute Gasteiger partial charge is 0.251 e. The topological polar surface area (TPSA) is 115 Å². The molecular weight excluding hydrogens is 422 g/mol. The van der Waals surface area contributed by atoms with Crippen LogP contribution in [0.1, 0.15) is 35.5 Å². The van der Waals surface area contributed by atoms with Crippen LogP contribution in [0, 0.1) is 0 Å². The number of amides is 1. The Balaban J connectivity index is 1.17. The first-order valence-electron chi connectivity index (χ1n) is 10.7. The van der Waals surface area contributed by atoms with Crippen molar-refractivity contribution >= 4 is 5.91 Å². The van der Waals surface area contributed by atoms with Crippen molar-refractivity contribution in [1.29, 1.82) is 0 Å². The molecule has 0 spiro atoms. The highest BCUT2D eigenvalue weighted by molar-refractivity contribution is 5.94. The summed E-state index contributed by atoms with van der Waals surface area (Å²) in [5.74, 6) is 1.34. The summed E-state index contributed by atoms with van der Waals surface area (Å²) in [4.78, 5) is 20.7. The van der Waals surface area contributed by atoms with E-state index in [0.717, 1.165) is 24.9 Å². The van der Waals surface area contributed by atoms with E-state index in [1.807, 2.05) is 35.0 Å². The van der Waals surface area contributed by atoms with Crippen molar-refractivity contribution in [1.82, 2.24) is 25.0 Å². The largest absolute Gasteiger partial charge is 0.504 e. The minimum atomic E-state index is -0.0851. The number of rotatable bonds is 10. The van der Waals surface area contributed by atoms with Gasteiger partial charge in [-0.2, -0.15) is 4.98 Å². The van der Waals surface area contributed by atoms with Crippen LogP contribution in [-0.2, 0) is 6.42 Å². The number of aryl methyl sites for hydroxylation is 1. The van der Waals surface area contributed by atoms with Gasteiger partial charge in [0.1, 0.15) is 0 Å². The van der Waals surface area contributed by atoms with E-state index in [0.29, 0.717) is 41.6 Å². The van der Waals surface area contributed by atoms with Gasteiger partial charge in [-0.1, -0.05) is 11.6 Å². The molecule has 1 amide bonds. The van der Waals surface area contributed by atoms with E-state index >= 15 is 0 Å². The standard InChI is InChI=1S/C24H25N5O4/c1-32-21-15-18(8-11-20(21)30)23-27-22(33-28-23)5-3-2-4-12-26-24(31)17-6-9-19(10-7-17)29-14-13-25-16-29/h6-11,13-16,30H,2-5,12H2,1H3,(H,26,31). The van der Waals surface area contributed by atoms with Crippen LogP contribution in [0.15, 0.2) is 65.7 Å². The molecule has 0 unspecified atom stereocenters. The zero-order chi connectivity index (χ0) is 23.0. The maximum absolute atomic E-state index is 12.3. The summed E-state index contributed by atoms with van der Waals surface area (Å²) < 4.78 is 12.3. The van der Waals surface area contributed by atoms with Crippen LogP contribution in [-0.4, -0.2) is 44.4 Å². The molecular formula is C24H25N5O4. The van der Waals surface area contributed by atoms with E-state index in [2.05, 4.69) is 20.4 Å². The maximum atomic E-state index is 12.3. The molecule has 170 valence electrons. The third-order valence-corrected chi connectivity index (χ3v) is 5.19. The van der Waals surface area contributed by atoms with Gasteiger partial charge < -0.3 is 24.3 Å². The van der Waals surface area contributed by atoms with Crippen LogP contribution >= 0.6 is 0 Å². The Bertz CT molecular complexity index is 1190. The van der Waals surface area contributed by atoms with Gasteiger partial charge in [-0.05, 0) is 55.3 Å². The fourth-order valence-corrected chi connectivity index (χ4v) is 3.37. The molecule has 0 atom stereocenters. The number of phenols is 1. The van der Waals surface area contributed by atoms with Crippen LogP contribution in [0.4, 0.5) is 0 Å². The van der Waals surface area contributed by atoms with Crippen molar-refractivity contribution in [2.75, 3.05) is 13.7 Å². The Hall–Kier alpha value is -4.14. The zero-order valence-corrected chi connectivity index (χ0v) is 18.3. The van der Waals surface area contributed by atoms with Gasteiger partial charge in [0.2, 0.25) is 11.7 Å². The summed E-state index contributed by atoms with van der Waals surface area (Å²) in [6.07, 6.45) is 8.59. The molecule has 2 N–H and O–H groups in total. The molecule has 0 fully saturated rings. The SMILES string of the molecule is COc1cc(-c2noc(CCCCCNC(=O)c3ccc(-n4ccnc4)cc3)n2)ccc1O. The van der Waals surface area contributed by atoms with Crippen molar-refractivity contribution < 1.29 is 19.2 Å². The Kier molecular flexibility index (Phi) is 6.99. The minimum absolute atomic E-state index is 0.0588. The van der Waals surface area contributed by atoms with Crippen molar-refractivity contribution in [3.05, 3.63) is 72.6 Å². The summed E-state index contributed by atoms with van der Waals surface area (Å²) >= 11 is 0. The molecule has 0 radical (unpaired) electrons. The summed E-state index contributed by atoms with van der Waals surface area (Å²) in [5.41, 5.74) is 2.29. The second kappa shape index (κ2) is 10.4. The van der Waals surface area contributed by atoms with Crippen LogP contribution in [0.25, 0.3) is 17.1 Å². The minimum Gasteiger partial charge on any atom is -0.504 e. The summed E-state index contributed by atoms with van der Waals surface area (Å²) in [7, 11) is 1.49. The molecule has 4 aromatic rings. The molecule has 33 heavy (non-hydrogen) atoms. The predicted octanol–water partition coefficient (Wildman–Crippen LogP) is 3.78. The number of imidazole rings is 1. The first-order chi connectivity index (χ1) is 16.1. The number of carbonyl (C=O) groups is 1. The average molecular weight is 447 g/mol. The number of benzene rings is 2. The van der Waals surface area contributed by atoms with E-state index in [9.17, 15) is 9.90 Å². The van der Waals surface area contributed by atoms with Crippen LogP contribution in [0.5, 0.6) is 11.5 Å². The summed E-state index contributed by atoms with van der Waals surface area (Å²) in [5, 5.41) is 16.7. The van der Waals surface area contributed by atoms with Gasteiger partial charge in [-0.15, -0.1) is 0 Å². The molecule has 9 nitrogen and oxygen atoms in total. The third kappa shape index (κ3) is 5.57. The van der Waals surface area contributed by atoms with Gasteiger partial charge in [0.05, 0.1) is 13.4 Å². The number of hydrogen-bond acceptors (Lipinski definition) is 7. The van der Waals surface area contributed by atoms with Gasteiger partial charge in [0, 0.05) is 42.2 Å². The quantitative estimate of drug-likeness (QED) is 0.356. The lowest BCUT2D eigenvalue weighted by molar-refractivity contribution is 0.0953. The highest BCUT2D eigenvalue weighted by atomic mass is 16.5. The van der Waals surface area contributed by atoms with Gasteiger partial charge in [0.15, 0.2) is 11.5 Å². The van der Waals surface area contributed by atoms with Gasteiger partial charge in [-0.3, -0.25) is 4.79 Å². The Morgan fingerprint density at radius 2 is 2.00 bits per heavy atom. The molecule has 0 saturated carbocycles. The van der Waals surface area contributed by atoms with Crippen LogP contribution < -0.4 is 10.1 Å². The fourth-order valence-electron chi connectivity index (χ4n) is 3.37. The van der Waals surface area contributed by atoms with E-state index < -0.39 is 0 Å². The van der Waals surface area contributed by atoms with Gasteiger partial charge in [-0.25, -0.2) is 4.98 Å². The molecule has 2 aromatic heterocycles. The lowest BCUT2D eigenvalue weighted by atomic mass is 10.1. The van der Waals surface area contributed by atoms with Crippen molar-refractivity contribution in [3.8, 4) is 28.6 Å². The monoisotopic (exact) mass is 447 g/mol. The zero-order valence-electron chi connectivity index (χ0n) is 18.3. The van der Waals surface area contributed by atoms with Crippen LogP contribution in [0.3, 0.4) is 0 Å². The van der Waals surface area contributed by atoms with Crippen molar-refractivity contribution in [2.24, 2.45) is 0 Å². The fraction of sp³-hybridized carbons (Fsp3) is 0.250. The normalized spacial score (nSPS) is 10.8. The Morgan fingerprint density at radius 3 is 2.76 bits per heavy atom. The maximum Gasteiger partial charge on any atom is 0.251 e. The van der Waals surface area contributed by atoms with Gasteiger partial charge >= 0.3 is 0 Å². The number of hydrogen-bond donors (Lipinski definition) is 2. The molecule has 0 aliphatic rings. The molecule has 9 heteroatoms. The number of aromatic hydroxyl groups is 1. The first-order valence-corrected chi connectivity index (χ1v) is 10.7. The predicted molar refractivity (Wildman–Crippen MR) is 121 cm³/mol. The third-order valence-electron chi connectivity index (χ3n) is 5.19. The Morgan fingerprint density at radius 1 is 1.15 bits per heavy atom. The number of ether oxygens (including phenoxy) is 1.